The van der Waals surface area contributed by atoms with Crippen LogP contribution in [-0.4, -0.2) is 62.4 Å². The van der Waals surface area contributed by atoms with E-state index in [-0.39, 0.29) is 30.8 Å². The molecule has 2 aliphatic rings. The number of ether oxygens (including phenoxy) is 1. The first-order valence-corrected chi connectivity index (χ1v) is 12.0. The van der Waals surface area contributed by atoms with Gasteiger partial charge in [0.2, 0.25) is 5.91 Å². The van der Waals surface area contributed by atoms with Crippen molar-refractivity contribution in [3.8, 4) is 6.07 Å². The zero-order valence-corrected chi connectivity index (χ0v) is 17.8. The van der Waals surface area contributed by atoms with Crippen molar-refractivity contribution in [1.29, 1.82) is 5.26 Å². The van der Waals surface area contributed by atoms with Gasteiger partial charge in [0, 0.05) is 43.8 Å². The van der Waals surface area contributed by atoms with Crippen LogP contribution in [0.15, 0.2) is 16.3 Å². The van der Waals surface area contributed by atoms with Crippen molar-refractivity contribution in [2.45, 2.75) is 49.3 Å². The van der Waals surface area contributed by atoms with Gasteiger partial charge in [-0.1, -0.05) is 0 Å². The number of aryl methyl sites for hydroxylation is 1. The maximum Gasteiger partial charge on any atom is 0.252 e. The molecule has 0 saturated carbocycles. The van der Waals surface area contributed by atoms with Crippen LogP contribution in [0.25, 0.3) is 0 Å². The molecule has 0 radical (unpaired) electrons. The lowest BCUT2D eigenvalue weighted by Crippen LogP contribution is -2.50. The molecule has 0 bridgehead atoms. The van der Waals surface area contributed by atoms with Gasteiger partial charge >= 0.3 is 0 Å². The number of carbonyl (C=O) groups excluding carboxylic acids is 1. The molecule has 28 heavy (non-hydrogen) atoms. The molecule has 1 amide bonds. The molecular formula is C19H27N3O4S2. The Bertz CT molecular complexity index is 824. The topological polar surface area (TPSA) is 90.7 Å². The monoisotopic (exact) mass is 425 g/mol. The summed E-state index contributed by atoms with van der Waals surface area (Å²) in [7, 11) is -3.57. The third-order valence-electron chi connectivity index (χ3n) is 5.42. The summed E-state index contributed by atoms with van der Waals surface area (Å²) < 4.78 is 33.1. The minimum absolute atomic E-state index is 0.0237. The Balaban J connectivity index is 1.74. The van der Waals surface area contributed by atoms with Gasteiger partial charge in [0.05, 0.1) is 18.4 Å². The number of nitriles is 1. The van der Waals surface area contributed by atoms with Gasteiger partial charge in [-0.05, 0) is 44.7 Å². The van der Waals surface area contributed by atoms with Gasteiger partial charge in [0.15, 0.2) is 0 Å². The molecular weight excluding hydrogens is 398 g/mol. The van der Waals surface area contributed by atoms with Crippen molar-refractivity contribution in [2.75, 3.05) is 32.8 Å². The molecule has 2 saturated heterocycles. The fraction of sp³-hybridized carbons (Fsp3) is 0.684. The van der Waals surface area contributed by atoms with Gasteiger partial charge in [-0.25, -0.2) is 8.42 Å². The number of hydrogen-bond donors (Lipinski definition) is 0. The highest BCUT2D eigenvalue weighted by molar-refractivity contribution is 7.91. The highest BCUT2D eigenvalue weighted by Crippen LogP contribution is 2.29. The van der Waals surface area contributed by atoms with Crippen LogP contribution < -0.4 is 0 Å². The fourth-order valence-electron chi connectivity index (χ4n) is 3.91. The molecule has 0 aliphatic carbocycles. The van der Waals surface area contributed by atoms with E-state index in [4.69, 9.17) is 10.00 Å². The summed E-state index contributed by atoms with van der Waals surface area (Å²) in [6.07, 6.45) is 3.16. The van der Waals surface area contributed by atoms with E-state index in [1.165, 1.54) is 15.6 Å². The van der Waals surface area contributed by atoms with Gasteiger partial charge in [-0.2, -0.15) is 9.57 Å². The van der Waals surface area contributed by atoms with E-state index >= 15 is 0 Å². The van der Waals surface area contributed by atoms with Crippen molar-refractivity contribution in [3.05, 3.63) is 17.0 Å². The zero-order valence-electron chi connectivity index (χ0n) is 16.2. The van der Waals surface area contributed by atoms with Gasteiger partial charge in [-0.3, -0.25) is 4.79 Å². The van der Waals surface area contributed by atoms with Crippen LogP contribution in [-0.2, 0) is 19.6 Å². The number of thiophene rings is 1. The van der Waals surface area contributed by atoms with Crippen LogP contribution in [0.4, 0.5) is 0 Å². The lowest BCUT2D eigenvalue weighted by atomic mass is 9.96. The average Bonchev–Trinajstić information content (AvgIpc) is 3.16. The third kappa shape index (κ3) is 4.74. The van der Waals surface area contributed by atoms with E-state index in [0.717, 1.165) is 17.7 Å². The van der Waals surface area contributed by atoms with E-state index in [1.54, 1.807) is 12.1 Å². The van der Waals surface area contributed by atoms with Crippen molar-refractivity contribution in [3.63, 3.8) is 0 Å². The van der Waals surface area contributed by atoms with Crippen LogP contribution in [0.2, 0.25) is 0 Å². The van der Waals surface area contributed by atoms with E-state index in [0.29, 0.717) is 43.4 Å². The summed E-state index contributed by atoms with van der Waals surface area (Å²) >= 11 is 1.26. The van der Waals surface area contributed by atoms with Gasteiger partial charge in [-0.15, -0.1) is 11.3 Å². The smallest absolute Gasteiger partial charge is 0.252 e. The maximum atomic E-state index is 13.3. The Kier molecular flexibility index (Phi) is 7.10. The number of hydrogen-bond acceptors (Lipinski definition) is 6. The Morgan fingerprint density at radius 3 is 2.75 bits per heavy atom. The fourth-order valence-corrected chi connectivity index (χ4v) is 6.88. The van der Waals surface area contributed by atoms with Crippen molar-refractivity contribution >= 4 is 27.3 Å². The first kappa shape index (κ1) is 21.2. The van der Waals surface area contributed by atoms with Crippen LogP contribution in [0, 0.1) is 24.2 Å². The van der Waals surface area contributed by atoms with Gasteiger partial charge in [0.1, 0.15) is 4.21 Å². The number of amides is 1. The first-order valence-electron chi connectivity index (χ1n) is 9.75. The molecule has 1 aromatic heterocycles. The van der Waals surface area contributed by atoms with Gasteiger partial charge in [0.25, 0.3) is 10.0 Å². The lowest BCUT2D eigenvalue weighted by Gasteiger charge is -2.38. The van der Waals surface area contributed by atoms with Crippen LogP contribution in [0.1, 0.15) is 37.0 Å². The second-order valence-electron chi connectivity index (χ2n) is 7.35. The Hall–Kier alpha value is -1.47. The molecule has 154 valence electrons. The molecule has 2 aliphatic heterocycles. The summed E-state index contributed by atoms with van der Waals surface area (Å²) in [6, 6.07) is 5.64. The van der Waals surface area contributed by atoms with E-state index in [9.17, 15) is 13.2 Å². The molecule has 1 unspecified atom stereocenters. The van der Waals surface area contributed by atoms with E-state index in [1.807, 2.05) is 11.8 Å². The van der Waals surface area contributed by atoms with Crippen LogP contribution in [0.3, 0.4) is 0 Å². The zero-order chi connectivity index (χ0) is 20.1. The van der Waals surface area contributed by atoms with Crippen molar-refractivity contribution in [1.82, 2.24) is 9.21 Å². The minimum atomic E-state index is -3.57. The normalized spacial score (nSPS) is 21.9. The van der Waals surface area contributed by atoms with E-state index in [2.05, 4.69) is 6.07 Å². The molecule has 1 atom stereocenters. The molecule has 2 fully saturated rings. The number of nitrogens with zero attached hydrogens (tertiary/aromatic N) is 3. The Labute approximate surface area is 170 Å². The minimum Gasteiger partial charge on any atom is -0.381 e. The third-order valence-corrected chi connectivity index (χ3v) is 8.76. The number of piperidine rings is 1. The Morgan fingerprint density at radius 2 is 2.11 bits per heavy atom. The standard InChI is InChI=1S/C19H27N3O4S2/c1-15-5-6-18(27-15)28(24,25)21-10-2-4-16(14-21)19(23)22(11-3-9-20)17-7-12-26-13-8-17/h5-6,16-17H,2-4,7-8,10-14H2,1H3. The van der Waals surface area contributed by atoms with Crippen molar-refractivity contribution < 1.29 is 17.9 Å². The molecule has 0 spiro atoms. The molecule has 9 heteroatoms. The summed E-state index contributed by atoms with van der Waals surface area (Å²) in [6.45, 7) is 4.16. The summed E-state index contributed by atoms with van der Waals surface area (Å²) in [5, 5.41) is 8.98. The number of rotatable bonds is 6. The van der Waals surface area contributed by atoms with E-state index < -0.39 is 10.0 Å². The SMILES string of the molecule is Cc1ccc(S(=O)(=O)N2CCCC(C(=O)N(CCC#N)C3CCOCC3)C2)s1. The largest absolute Gasteiger partial charge is 0.381 e. The highest BCUT2D eigenvalue weighted by atomic mass is 32.2. The molecule has 7 nitrogen and oxygen atoms in total. The van der Waals surface area contributed by atoms with Crippen LogP contribution >= 0.6 is 11.3 Å². The van der Waals surface area contributed by atoms with Crippen LogP contribution in [0.5, 0.6) is 0 Å². The second kappa shape index (κ2) is 9.35. The first-order chi connectivity index (χ1) is 13.4. The molecule has 1 aromatic rings. The predicted molar refractivity (Wildman–Crippen MR) is 106 cm³/mol. The molecule has 0 N–H and O–H groups in total. The Morgan fingerprint density at radius 1 is 1.36 bits per heavy atom. The molecule has 3 rings (SSSR count). The average molecular weight is 426 g/mol. The number of sulfonamides is 1. The number of carbonyl (C=O) groups is 1. The second-order valence-corrected chi connectivity index (χ2v) is 10.8. The van der Waals surface area contributed by atoms with Crippen molar-refractivity contribution in [2.24, 2.45) is 5.92 Å². The maximum absolute atomic E-state index is 13.3. The quantitative estimate of drug-likeness (QED) is 0.698. The summed E-state index contributed by atoms with van der Waals surface area (Å²) in [4.78, 5) is 16.0. The predicted octanol–water partition coefficient (Wildman–Crippen LogP) is 2.38. The highest BCUT2D eigenvalue weighted by Gasteiger charge is 2.37. The summed E-state index contributed by atoms with van der Waals surface area (Å²) in [5.74, 6) is -0.379. The summed E-state index contributed by atoms with van der Waals surface area (Å²) in [5.41, 5.74) is 0. The lowest BCUT2D eigenvalue weighted by molar-refractivity contribution is -0.141. The van der Waals surface area contributed by atoms with Gasteiger partial charge < -0.3 is 9.64 Å². The molecule has 0 aromatic carbocycles. The molecule has 3 heterocycles.